The third kappa shape index (κ3) is 2.72. The van der Waals surface area contributed by atoms with Crippen molar-refractivity contribution in [2.45, 2.75) is 33.2 Å². The van der Waals surface area contributed by atoms with Gasteiger partial charge in [-0.3, -0.25) is 0 Å². The van der Waals surface area contributed by atoms with Crippen molar-refractivity contribution < 1.29 is 0 Å². The van der Waals surface area contributed by atoms with Crippen molar-refractivity contribution >= 4 is 29.0 Å². The lowest BCUT2D eigenvalue weighted by Gasteiger charge is -2.06. The maximum atomic E-state index is 6.23. The number of halogens is 2. The number of aromatic nitrogens is 2. The molecule has 0 amide bonds. The van der Waals surface area contributed by atoms with E-state index in [0.717, 1.165) is 36.5 Å². The van der Waals surface area contributed by atoms with Gasteiger partial charge in [-0.1, -0.05) is 30.1 Å². The van der Waals surface area contributed by atoms with Crippen molar-refractivity contribution in [3.8, 4) is 11.3 Å². The molecular weight excluding hydrogens is 281 g/mol. The smallest absolute Gasteiger partial charge is 0.131 e. The highest BCUT2D eigenvalue weighted by molar-refractivity contribution is 6.36. The number of nitrogen functional groups attached to an aromatic ring is 1. The molecule has 1 aromatic carbocycles. The Bertz CT molecular complexity index is 591. The second-order valence-corrected chi connectivity index (χ2v) is 5.22. The molecule has 0 bridgehead atoms. The summed E-state index contributed by atoms with van der Waals surface area (Å²) in [6.07, 6.45) is 1.94. The zero-order valence-corrected chi connectivity index (χ0v) is 12.6. The van der Waals surface area contributed by atoms with Crippen LogP contribution in [0.1, 0.15) is 26.1 Å². The van der Waals surface area contributed by atoms with E-state index >= 15 is 0 Å². The molecule has 102 valence electrons. The summed E-state index contributed by atoms with van der Waals surface area (Å²) in [6, 6.07) is 5.37. The lowest BCUT2D eigenvalue weighted by molar-refractivity contribution is 0.690. The summed E-state index contributed by atoms with van der Waals surface area (Å²) in [6.45, 7) is 4.99. The Morgan fingerprint density at radius 2 is 2.00 bits per heavy atom. The molecule has 0 aliphatic rings. The molecule has 0 fully saturated rings. The number of aryl methyl sites for hydroxylation is 1. The zero-order chi connectivity index (χ0) is 14.0. The predicted octanol–water partition coefficient (Wildman–Crippen LogP) is 4.41. The number of hydrogen-bond donors (Lipinski definition) is 1. The fraction of sp³-hybridized carbons (Fsp3) is 0.357. The van der Waals surface area contributed by atoms with E-state index < -0.39 is 0 Å². The van der Waals surface area contributed by atoms with Gasteiger partial charge in [-0.15, -0.1) is 0 Å². The number of benzene rings is 1. The van der Waals surface area contributed by atoms with Crippen molar-refractivity contribution in [1.82, 2.24) is 9.55 Å². The highest BCUT2D eigenvalue weighted by Crippen LogP contribution is 2.33. The van der Waals surface area contributed by atoms with Gasteiger partial charge in [-0.2, -0.15) is 0 Å². The molecule has 3 nitrogen and oxygen atoms in total. The number of rotatable bonds is 4. The summed E-state index contributed by atoms with van der Waals surface area (Å²) >= 11 is 12.1. The third-order valence-electron chi connectivity index (χ3n) is 3.06. The van der Waals surface area contributed by atoms with Crippen molar-refractivity contribution in [3.05, 3.63) is 34.1 Å². The Kier molecular flexibility index (Phi) is 4.38. The Morgan fingerprint density at radius 3 is 2.58 bits per heavy atom. The lowest BCUT2D eigenvalue weighted by Crippen LogP contribution is -2.05. The van der Waals surface area contributed by atoms with Gasteiger partial charge in [-0.25, -0.2) is 4.98 Å². The summed E-state index contributed by atoms with van der Waals surface area (Å²) in [7, 11) is 0. The molecule has 19 heavy (non-hydrogen) atoms. The van der Waals surface area contributed by atoms with Crippen LogP contribution >= 0.6 is 23.2 Å². The van der Waals surface area contributed by atoms with Crippen LogP contribution in [-0.2, 0) is 13.0 Å². The van der Waals surface area contributed by atoms with Crippen LogP contribution in [0.5, 0.6) is 0 Å². The molecule has 0 saturated heterocycles. The van der Waals surface area contributed by atoms with Crippen LogP contribution in [0.3, 0.4) is 0 Å². The number of anilines is 1. The van der Waals surface area contributed by atoms with E-state index in [1.807, 2.05) is 10.6 Å². The average Bonchev–Trinajstić information content (AvgIpc) is 2.66. The van der Waals surface area contributed by atoms with Gasteiger partial charge in [0.2, 0.25) is 0 Å². The van der Waals surface area contributed by atoms with E-state index in [4.69, 9.17) is 28.9 Å². The van der Waals surface area contributed by atoms with E-state index in [1.54, 1.807) is 12.1 Å². The number of nitrogens with two attached hydrogens (primary N) is 1. The number of nitrogens with zero attached hydrogens (tertiary/aromatic N) is 2. The quantitative estimate of drug-likeness (QED) is 0.908. The maximum Gasteiger partial charge on any atom is 0.131 e. The Morgan fingerprint density at radius 1 is 1.26 bits per heavy atom. The van der Waals surface area contributed by atoms with Crippen molar-refractivity contribution in [2.24, 2.45) is 0 Å². The van der Waals surface area contributed by atoms with Gasteiger partial charge in [0.05, 0.1) is 5.02 Å². The van der Waals surface area contributed by atoms with Crippen LogP contribution in [-0.4, -0.2) is 9.55 Å². The summed E-state index contributed by atoms with van der Waals surface area (Å²) < 4.78 is 2.03. The molecule has 0 aliphatic carbocycles. The first-order chi connectivity index (χ1) is 9.08. The van der Waals surface area contributed by atoms with Gasteiger partial charge in [0, 0.05) is 23.6 Å². The SMILES string of the molecule is CCCc1nc(-c2ccc(Cl)cc2Cl)c(N)n1CC. The molecule has 2 aromatic rings. The van der Waals surface area contributed by atoms with Crippen LogP contribution in [0.25, 0.3) is 11.3 Å². The van der Waals surface area contributed by atoms with Gasteiger partial charge in [0.1, 0.15) is 17.3 Å². The number of imidazole rings is 1. The Labute approximate surface area is 123 Å². The van der Waals surface area contributed by atoms with E-state index in [0.29, 0.717) is 15.9 Å². The van der Waals surface area contributed by atoms with Crippen LogP contribution in [0.2, 0.25) is 10.0 Å². The molecule has 2 N–H and O–H groups in total. The Hall–Kier alpha value is -1.19. The second kappa shape index (κ2) is 5.85. The average molecular weight is 298 g/mol. The normalized spacial score (nSPS) is 10.9. The first kappa shape index (κ1) is 14.2. The highest BCUT2D eigenvalue weighted by atomic mass is 35.5. The van der Waals surface area contributed by atoms with E-state index in [-0.39, 0.29) is 0 Å². The van der Waals surface area contributed by atoms with Gasteiger partial charge in [-0.05, 0) is 31.5 Å². The van der Waals surface area contributed by atoms with Crippen molar-refractivity contribution in [3.63, 3.8) is 0 Å². The van der Waals surface area contributed by atoms with Crippen molar-refractivity contribution in [1.29, 1.82) is 0 Å². The van der Waals surface area contributed by atoms with Crippen LogP contribution < -0.4 is 5.73 Å². The molecule has 0 saturated carbocycles. The molecule has 1 aromatic heterocycles. The highest BCUT2D eigenvalue weighted by Gasteiger charge is 2.16. The topological polar surface area (TPSA) is 43.8 Å². The molecule has 1 heterocycles. The summed E-state index contributed by atoms with van der Waals surface area (Å²) in [5, 5.41) is 1.18. The molecule has 0 atom stereocenters. The monoisotopic (exact) mass is 297 g/mol. The van der Waals surface area contributed by atoms with Gasteiger partial charge in [0.25, 0.3) is 0 Å². The molecule has 5 heteroatoms. The van der Waals surface area contributed by atoms with E-state index in [9.17, 15) is 0 Å². The van der Waals surface area contributed by atoms with E-state index in [2.05, 4.69) is 18.8 Å². The fourth-order valence-electron chi connectivity index (χ4n) is 2.16. The predicted molar refractivity (Wildman–Crippen MR) is 81.8 cm³/mol. The number of hydrogen-bond acceptors (Lipinski definition) is 2. The van der Waals surface area contributed by atoms with Crippen LogP contribution in [0, 0.1) is 0 Å². The molecular formula is C14H17Cl2N3. The molecule has 0 unspecified atom stereocenters. The van der Waals surface area contributed by atoms with Gasteiger partial charge >= 0.3 is 0 Å². The Balaban J connectivity index is 2.56. The standard InChI is InChI=1S/C14H17Cl2N3/c1-3-5-12-18-13(14(17)19(12)4-2)10-7-6-9(15)8-11(10)16/h6-8H,3-5,17H2,1-2H3. The minimum absolute atomic E-state index is 0.572. The lowest BCUT2D eigenvalue weighted by atomic mass is 10.1. The van der Waals surface area contributed by atoms with Gasteiger partial charge < -0.3 is 10.3 Å². The summed E-state index contributed by atoms with van der Waals surface area (Å²) in [5.41, 5.74) is 7.76. The molecule has 0 radical (unpaired) electrons. The van der Waals surface area contributed by atoms with Crippen LogP contribution in [0.15, 0.2) is 18.2 Å². The largest absolute Gasteiger partial charge is 0.383 e. The molecule has 0 aliphatic heterocycles. The molecule has 0 spiro atoms. The van der Waals surface area contributed by atoms with Crippen molar-refractivity contribution in [2.75, 3.05) is 5.73 Å². The first-order valence-corrected chi connectivity index (χ1v) is 7.14. The van der Waals surface area contributed by atoms with Crippen LogP contribution in [0.4, 0.5) is 5.82 Å². The fourth-order valence-corrected chi connectivity index (χ4v) is 2.66. The minimum Gasteiger partial charge on any atom is -0.383 e. The first-order valence-electron chi connectivity index (χ1n) is 6.38. The second-order valence-electron chi connectivity index (χ2n) is 4.38. The minimum atomic E-state index is 0.572. The summed E-state index contributed by atoms with van der Waals surface area (Å²) in [5.74, 6) is 1.67. The maximum absolute atomic E-state index is 6.23. The summed E-state index contributed by atoms with van der Waals surface area (Å²) in [4.78, 5) is 4.64. The molecule has 2 rings (SSSR count). The third-order valence-corrected chi connectivity index (χ3v) is 3.61. The van der Waals surface area contributed by atoms with E-state index in [1.165, 1.54) is 0 Å². The van der Waals surface area contributed by atoms with Gasteiger partial charge in [0.15, 0.2) is 0 Å². The zero-order valence-electron chi connectivity index (χ0n) is 11.1.